The summed E-state index contributed by atoms with van der Waals surface area (Å²) in [6, 6.07) is 4.40. The molecule has 0 spiro atoms. The highest BCUT2D eigenvalue weighted by atomic mass is 19.4. The Hall–Kier alpha value is -2.71. The number of carbonyl (C=O) groups excluding carboxylic acids is 2. The van der Waals surface area contributed by atoms with Crippen LogP contribution in [-0.2, 0) is 16.1 Å². The van der Waals surface area contributed by atoms with E-state index in [2.05, 4.69) is 0 Å². The quantitative estimate of drug-likeness (QED) is 0.701. The van der Waals surface area contributed by atoms with E-state index < -0.39 is 36.9 Å². The summed E-state index contributed by atoms with van der Waals surface area (Å²) in [4.78, 5) is 23.3. The second-order valence-corrected chi connectivity index (χ2v) is 6.67. The zero-order valence-corrected chi connectivity index (χ0v) is 15.4. The van der Waals surface area contributed by atoms with Crippen molar-refractivity contribution in [2.45, 2.75) is 39.1 Å². The van der Waals surface area contributed by atoms with Crippen LogP contribution in [0.25, 0.3) is 6.08 Å². The van der Waals surface area contributed by atoms with Gasteiger partial charge in [-0.05, 0) is 50.1 Å². The number of aliphatic carboxylic acids is 1. The van der Waals surface area contributed by atoms with Gasteiger partial charge in [-0.3, -0.25) is 4.90 Å². The highest BCUT2D eigenvalue weighted by Gasteiger charge is 2.35. The van der Waals surface area contributed by atoms with Crippen LogP contribution >= 0.6 is 0 Å². The molecule has 0 radical (unpaired) electrons. The molecule has 1 amide bonds. The maximum atomic E-state index is 12.9. The first-order chi connectivity index (χ1) is 12.3. The zero-order chi connectivity index (χ0) is 20.8. The number of benzene rings is 1. The van der Waals surface area contributed by atoms with Gasteiger partial charge in [-0.1, -0.05) is 12.1 Å². The van der Waals surface area contributed by atoms with Crippen LogP contribution < -0.4 is 9.84 Å². The third-order valence-corrected chi connectivity index (χ3v) is 3.13. The van der Waals surface area contributed by atoms with E-state index >= 15 is 0 Å². The van der Waals surface area contributed by atoms with Gasteiger partial charge in [0.25, 0.3) is 0 Å². The Balaban J connectivity index is 3.25. The van der Waals surface area contributed by atoms with Crippen LogP contribution in [0.4, 0.5) is 18.0 Å². The average Bonchev–Trinajstić information content (AvgIpc) is 2.49. The van der Waals surface area contributed by atoms with E-state index in [-0.39, 0.29) is 5.56 Å². The van der Waals surface area contributed by atoms with Crippen LogP contribution in [-0.4, -0.2) is 42.4 Å². The van der Waals surface area contributed by atoms with E-state index in [4.69, 9.17) is 9.47 Å². The molecule has 0 saturated carbocycles. The summed E-state index contributed by atoms with van der Waals surface area (Å²) < 4.78 is 48.9. The van der Waals surface area contributed by atoms with Gasteiger partial charge in [0.05, 0.1) is 19.6 Å². The molecule has 9 heteroatoms. The van der Waals surface area contributed by atoms with Gasteiger partial charge in [-0.2, -0.15) is 13.2 Å². The van der Waals surface area contributed by atoms with Crippen molar-refractivity contribution in [3.05, 3.63) is 35.4 Å². The first kappa shape index (κ1) is 22.3. The molecule has 1 aromatic carbocycles. The normalized spacial score (nSPS) is 12.1. The monoisotopic (exact) mass is 388 g/mol. The number of amides is 1. The molecule has 0 unspecified atom stereocenters. The smallest absolute Gasteiger partial charge is 0.410 e. The Bertz CT molecular complexity index is 708. The van der Waals surface area contributed by atoms with Crippen LogP contribution in [0.2, 0.25) is 0 Å². The van der Waals surface area contributed by atoms with E-state index in [0.717, 1.165) is 6.08 Å². The van der Waals surface area contributed by atoms with Gasteiger partial charge >= 0.3 is 12.3 Å². The number of methoxy groups -OCH3 is 1. The summed E-state index contributed by atoms with van der Waals surface area (Å²) in [5.41, 5.74) is -0.426. The molecular formula is C18H21F3NO5-. The lowest BCUT2D eigenvalue weighted by Gasteiger charge is -2.28. The van der Waals surface area contributed by atoms with E-state index in [9.17, 15) is 27.9 Å². The molecule has 0 bridgehead atoms. The summed E-state index contributed by atoms with van der Waals surface area (Å²) in [7, 11) is 1.37. The van der Waals surface area contributed by atoms with Crippen LogP contribution in [0, 0.1) is 0 Å². The van der Waals surface area contributed by atoms with Crippen LogP contribution in [0.1, 0.15) is 31.9 Å². The molecule has 0 heterocycles. The van der Waals surface area contributed by atoms with Crippen molar-refractivity contribution in [1.82, 2.24) is 4.90 Å². The molecule has 1 rings (SSSR count). The first-order valence-electron chi connectivity index (χ1n) is 7.91. The predicted octanol–water partition coefficient (Wildman–Crippen LogP) is 2.76. The minimum absolute atomic E-state index is 0.252. The lowest BCUT2D eigenvalue weighted by molar-refractivity contribution is -0.297. The number of halogens is 3. The molecule has 27 heavy (non-hydrogen) atoms. The molecule has 0 atom stereocenters. The fraction of sp³-hybridized carbons (Fsp3) is 0.444. The highest BCUT2D eigenvalue weighted by Crippen LogP contribution is 2.24. The molecule has 0 aliphatic heterocycles. The second-order valence-electron chi connectivity index (χ2n) is 6.67. The Kier molecular flexibility index (Phi) is 7.27. The number of carboxylic acids is 1. The maximum absolute atomic E-state index is 12.9. The van der Waals surface area contributed by atoms with Gasteiger partial charge in [0.15, 0.2) is 0 Å². The van der Waals surface area contributed by atoms with Crippen molar-refractivity contribution in [3.8, 4) is 5.75 Å². The molecule has 0 aliphatic carbocycles. The summed E-state index contributed by atoms with van der Waals surface area (Å²) in [6.07, 6.45) is -3.87. The predicted molar refractivity (Wildman–Crippen MR) is 89.7 cm³/mol. The number of carbonyl (C=O) groups is 2. The topological polar surface area (TPSA) is 78.9 Å². The average molecular weight is 388 g/mol. The number of nitrogens with zero attached hydrogens (tertiary/aromatic N) is 1. The molecule has 0 saturated heterocycles. The second kappa shape index (κ2) is 8.79. The van der Waals surface area contributed by atoms with Gasteiger partial charge in [0, 0.05) is 0 Å². The number of hydrogen-bond acceptors (Lipinski definition) is 5. The number of alkyl halides is 3. The minimum Gasteiger partial charge on any atom is -0.545 e. The number of ether oxygens (including phenoxy) is 2. The van der Waals surface area contributed by atoms with Gasteiger partial charge in [-0.15, -0.1) is 0 Å². The van der Waals surface area contributed by atoms with Gasteiger partial charge < -0.3 is 19.4 Å². The molecular weight excluding hydrogens is 367 g/mol. The molecule has 150 valence electrons. The van der Waals surface area contributed by atoms with Gasteiger partial charge in [-0.25, -0.2) is 4.79 Å². The fourth-order valence-corrected chi connectivity index (χ4v) is 2.10. The van der Waals surface area contributed by atoms with Crippen LogP contribution in [0.3, 0.4) is 0 Å². The van der Waals surface area contributed by atoms with Crippen LogP contribution in [0.5, 0.6) is 5.75 Å². The standard InChI is InChI=1S/C18H22F3NO5/c1-17(2,3)27-16(25)22(11-18(19,20)21)10-13-9-14(26-4)7-5-12(13)6-8-15(23)24/h5-9H,10-11H2,1-4H3,(H,23,24)/p-1. The molecule has 0 N–H and O–H groups in total. The lowest BCUT2D eigenvalue weighted by Crippen LogP contribution is -2.41. The summed E-state index contributed by atoms with van der Waals surface area (Å²) in [5, 5.41) is 10.6. The number of rotatable bonds is 6. The van der Waals surface area contributed by atoms with Gasteiger partial charge in [0.2, 0.25) is 0 Å². The Morgan fingerprint density at radius 3 is 2.33 bits per heavy atom. The Morgan fingerprint density at radius 1 is 1.22 bits per heavy atom. The van der Waals surface area contributed by atoms with E-state index in [1.165, 1.54) is 52.2 Å². The van der Waals surface area contributed by atoms with Crippen molar-refractivity contribution in [2.75, 3.05) is 13.7 Å². The minimum atomic E-state index is -4.64. The highest BCUT2D eigenvalue weighted by molar-refractivity contribution is 5.84. The fourth-order valence-electron chi connectivity index (χ4n) is 2.10. The summed E-state index contributed by atoms with van der Waals surface area (Å²) in [6.45, 7) is 2.63. The molecule has 0 fully saturated rings. The van der Waals surface area contributed by atoms with E-state index in [0.29, 0.717) is 16.2 Å². The van der Waals surface area contributed by atoms with Crippen molar-refractivity contribution in [1.29, 1.82) is 0 Å². The lowest BCUT2D eigenvalue weighted by atomic mass is 10.1. The molecule has 6 nitrogen and oxygen atoms in total. The van der Waals surface area contributed by atoms with Crippen molar-refractivity contribution >= 4 is 18.1 Å². The maximum Gasteiger partial charge on any atom is 0.410 e. The largest absolute Gasteiger partial charge is 0.545 e. The summed E-state index contributed by atoms with van der Waals surface area (Å²) in [5.74, 6) is -1.12. The van der Waals surface area contributed by atoms with Crippen LogP contribution in [0.15, 0.2) is 24.3 Å². The van der Waals surface area contributed by atoms with Crippen molar-refractivity contribution in [3.63, 3.8) is 0 Å². The molecule has 0 aromatic heterocycles. The third kappa shape index (κ3) is 8.48. The third-order valence-electron chi connectivity index (χ3n) is 3.13. The Morgan fingerprint density at radius 2 is 1.85 bits per heavy atom. The Labute approximate surface area is 155 Å². The number of hydrogen-bond donors (Lipinski definition) is 0. The van der Waals surface area contributed by atoms with E-state index in [1.807, 2.05) is 0 Å². The van der Waals surface area contributed by atoms with Crippen molar-refractivity contribution in [2.24, 2.45) is 0 Å². The number of carboxylic acid groups (broad SMARTS) is 1. The SMILES string of the molecule is COc1ccc(C=CC(=O)[O-])c(CN(CC(F)(F)F)C(=O)OC(C)(C)C)c1. The molecule has 0 aliphatic rings. The van der Waals surface area contributed by atoms with Gasteiger partial charge in [0.1, 0.15) is 17.9 Å². The zero-order valence-electron chi connectivity index (χ0n) is 15.4. The summed E-state index contributed by atoms with van der Waals surface area (Å²) >= 11 is 0. The van der Waals surface area contributed by atoms with E-state index in [1.54, 1.807) is 0 Å². The van der Waals surface area contributed by atoms with Crippen molar-refractivity contribution < 1.29 is 37.3 Å². The first-order valence-corrected chi connectivity index (χ1v) is 7.91. The molecule has 1 aromatic rings.